The van der Waals surface area contributed by atoms with Crippen LogP contribution in [-0.2, 0) is 11.2 Å². The Kier molecular flexibility index (Phi) is 5.23. The quantitative estimate of drug-likeness (QED) is 0.885. The van der Waals surface area contributed by atoms with Crippen molar-refractivity contribution < 1.29 is 9.53 Å². The lowest BCUT2D eigenvalue weighted by atomic mass is 10.2. The number of hydrogen-bond donors (Lipinski definition) is 1. The number of benzene rings is 1. The summed E-state index contributed by atoms with van der Waals surface area (Å²) in [6.45, 7) is 1.88. The topological polar surface area (TPSA) is 87.9 Å². The first-order valence-corrected chi connectivity index (χ1v) is 7.28. The molecule has 1 heterocycles. The van der Waals surface area contributed by atoms with Gasteiger partial charge in [0.1, 0.15) is 16.8 Å². The maximum atomic E-state index is 11.8. The number of nitrogens with one attached hydrogen (secondary N) is 1. The van der Waals surface area contributed by atoms with E-state index in [1.165, 1.54) is 11.3 Å². The third kappa shape index (κ3) is 4.26. The molecular formula is C14H14N4O2S. The molecule has 0 unspecified atom stereocenters. The van der Waals surface area contributed by atoms with Crippen molar-refractivity contribution in [2.75, 3.05) is 11.9 Å². The molecule has 1 aromatic heterocycles. The summed E-state index contributed by atoms with van der Waals surface area (Å²) in [6.07, 6.45) is 1.83. The van der Waals surface area contributed by atoms with Crippen molar-refractivity contribution in [2.24, 2.45) is 0 Å². The first-order chi connectivity index (χ1) is 10.2. The summed E-state index contributed by atoms with van der Waals surface area (Å²) >= 11 is 1.35. The van der Waals surface area contributed by atoms with E-state index < -0.39 is 0 Å². The summed E-state index contributed by atoms with van der Waals surface area (Å²) in [6, 6.07) is 8.78. The van der Waals surface area contributed by atoms with Gasteiger partial charge in [-0.1, -0.05) is 30.4 Å². The predicted molar refractivity (Wildman–Crippen MR) is 79.2 cm³/mol. The van der Waals surface area contributed by atoms with Crippen LogP contribution in [0.5, 0.6) is 5.75 Å². The van der Waals surface area contributed by atoms with Crippen molar-refractivity contribution in [2.45, 2.75) is 19.8 Å². The molecule has 1 aromatic carbocycles. The van der Waals surface area contributed by atoms with Crippen LogP contribution in [0.25, 0.3) is 0 Å². The highest BCUT2D eigenvalue weighted by atomic mass is 32.1. The predicted octanol–water partition coefficient (Wildman–Crippen LogP) is 2.38. The highest BCUT2D eigenvalue weighted by Crippen LogP contribution is 2.18. The number of amides is 1. The zero-order chi connectivity index (χ0) is 15.1. The van der Waals surface area contributed by atoms with Crippen LogP contribution in [0, 0.1) is 11.3 Å². The van der Waals surface area contributed by atoms with Gasteiger partial charge in [-0.3, -0.25) is 10.1 Å². The van der Waals surface area contributed by atoms with Gasteiger partial charge >= 0.3 is 0 Å². The van der Waals surface area contributed by atoms with Gasteiger partial charge in [-0.2, -0.15) is 5.26 Å². The van der Waals surface area contributed by atoms with Crippen molar-refractivity contribution in [3.63, 3.8) is 0 Å². The molecule has 0 atom stereocenters. The molecule has 2 rings (SSSR count). The average Bonchev–Trinajstić information content (AvgIpc) is 2.93. The smallest absolute Gasteiger partial charge is 0.264 e. The molecule has 0 fully saturated rings. The van der Waals surface area contributed by atoms with Gasteiger partial charge in [0.15, 0.2) is 6.61 Å². The van der Waals surface area contributed by atoms with Gasteiger partial charge < -0.3 is 4.74 Å². The molecular weight excluding hydrogens is 288 g/mol. The normalized spacial score (nSPS) is 9.90. The summed E-state index contributed by atoms with van der Waals surface area (Å²) in [5.41, 5.74) is 0.395. The van der Waals surface area contributed by atoms with E-state index in [1.807, 2.05) is 6.07 Å². The van der Waals surface area contributed by atoms with E-state index in [2.05, 4.69) is 22.4 Å². The summed E-state index contributed by atoms with van der Waals surface area (Å²) < 4.78 is 5.34. The molecule has 0 aliphatic rings. The second-order valence-electron chi connectivity index (χ2n) is 4.20. The van der Waals surface area contributed by atoms with Crippen LogP contribution in [0.15, 0.2) is 24.3 Å². The summed E-state index contributed by atoms with van der Waals surface area (Å²) in [5.74, 6) is 0.0565. The lowest BCUT2D eigenvalue weighted by molar-refractivity contribution is -0.118. The molecule has 2 aromatic rings. The Labute approximate surface area is 126 Å². The second-order valence-corrected chi connectivity index (χ2v) is 5.26. The van der Waals surface area contributed by atoms with Crippen molar-refractivity contribution in [3.05, 3.63) is 34.8 Å². The van der Waals surface area contributed by atoms with E-state index in [1.54, 1.807) is 24.3 Å². The van der Waals surface area contributed by atoms with E-state index in [9.17, 15) is 4.79 Å². The Hall–Kier alpha value is -2.46. The standard InChI is InChI=1S/C14H14N4O2S/c1-2-5-13-17-18-14(21-13)16-12(19)9-20-11-7-4-3-6-10(11)8-15/h3-4,6-7H,2,5,9H2,1H3,(H,16,18,19). The van der Waals surface area contributed by atoms with Crippen molar-refractivity contribution in [1.82, 2.24) is 10.2 Å². The number of carbonyl (C=O) groups excluding carboxylic acids is 1. The largest absolute Gasteiger partial charge is 0.482 e. The van der Waals surface area contributed by atoms with E-state index in [0.29, 0.717) is 16.4 Å². The number of aryl methyl sites for hydroxylation is 1. The number of nitrogens with zero attached hydrogens (tertiary/aromatic N) is 3. The molecule has 0 radical (unpaired) electrons. The van der Waals surface area contributed by atoms with E-state index >= 15 is 0 Å². The van der Waals surface area contributed by atoms with Crippen molar-refractivity contribution in [3.8, 4) is 11.8 Å². The molecule has 6 nitrogen and oxygen atoms in total. The Morgan fingerprint density at radius 2 is 2.24 bits per heavy atom. The van der Waals surface area contributed by atoms with Crippen LogP contribution >= 0.6 is 11.3 Å². The maximum absolute atomic E-state index is 11.8. The number of anilines is 1. The fourth-order valence-electron chi connectivity index (χ4n) is 1.60. The van der Waals surface area contributed by atoms with Gasteiger partial charge in [0.25, 0.3) is 5.91 Å². The molecule has 21 heavy (non-hydrogen) atoms. The fourth-order valence-corrected chi connectivity index (χ4v) is 2.46. The van der Waals surface area contributed by atoms with Crippen LogP contribution in [0.4, 0.5) is 5.13 Å². The van der Waals surface area contributed by atoms with E-state index in [-0.39, 0.29) is 12.5 Å². The SMILES string of the molecule is CCCc1nnc(NC(=O)COc2ccccc2C#N)s1. The third-order valence-corrected chi connectivity index (χ3v) is 3.44. The fraction of sp³-hybridized carbons (Fsp3) is 0.286. The Bertz CT molecular complexity index is 663. The van der Waals surface area contributed by atoms with Crippen molar-refractivity contribution in [1.29, 1.82) is 5.26 Å². The first kappa shape index (κ1) is 14.9. The Morgan fingerprint density at radius 3 is 3.00 bits per heavy atom. The number of rotatable bonds is 6. The Morgan fingerprint density at radius 1 is 1.43 bits per heavy atom. The van der Waals surface area contributed by atoms with Gasteiger partial charge in [-0.25, -0.2) is 0 Å². The highest BCUT2D eigenvalue weighted by molar-refractivity contribution is 7.15. The molecule has 0 bridgehead atoms. The van der Waals surface area contributed by atoms with Gasteiger partial charge in [-0.15, -0.1) is 10.2 Å². The minimum atomic E-state index is -0.332. The molecule has 1 N–H and O–H groups in total. The number of nitriles is 1. The van der Waals surface area contributed by atoms with Gasteiger partial charge in [-0.05, 0) is 18.6 Å². The van der Waals surface area contributed by atoms with Gasteiger partial charge in [0.2, 0.25) is 5.13 Å². The molecule has 7 heteroatoms. The lowest BCUT2D eigenvalue weighted by Crippen LogP contribution is -2.20. The van der Waals surface area contributed by atoms with Crippen LogP contribution in [0.2, 0.25) is 0 Å². The molecule has 108 valence electrons. The number of para-hydroxylation sites is 1. The highest BCUT2D eigenvalue weighted by Gasteiger charge is 2.09. The summed E-state index contributed by atoms with van der Waals surface area (Å²) in [5, 5.41) is 20.8. The number of ether oxygens (including phenoxy) is 1. The number of hydrogen-bond acceptors (Lipinski definition) is 6. The maximum Gasteiger partial charge on any atom is 0.264 e. The molecule has 0 saturated carbocycles. The van der Waals surface area contributed by atoms with Crippen LogP contribution in [0.3, 0.4) is 0 Å². The van der Waals surface area contributed by atoms with E-state index in [0.717, 1.165) is 17.8 Å². The molecule has 0 aliphatic heterocycles. The monoisotopic (exact) mass is 302 g/mol. The summed E-state index contributed by atoms with van der Waals surface area (Å²) in [7, 11) is 0. The summed E-state index contributed by atoms with van der Waals surface area (Å²) in [4.78, 5) is 11.8. The molecule has 0 aliphatic carbocycles. The average molecular weight is 302 g/mol. The zero-order valence-corrected chi connectivity index (χ0v) is 12.3. The minimum absolute atomic E-state index is 0.179. The second kappa shape index (κ2) is 7.36. The third-order valence-electron chi connectivity index (χ3n) is 2.54. The first-order valence-electron chi connectivity index (χ1n) is 6.47. The van der Waals surface area contributed by atoms with Gasteiger partial charge in [0, 0.05) is 6.42 Å². The van der Waals surface area contributed by atoms with Crippen LogP contribution in [0.1, 0.15) is 23.9 Å². The zero-order valence-electron chi connectivity index (χ0n) is 11.5. The molecule has 1 amide bonds. The number of carbonyl (C=O) groups is 1. The Balaban J connectivity index is 1.88. The van der Waals surface area contributed by atoms with Gasteiger partial charge in [0.05, 0.1) is 5.56 Å². The van der Waals surface area contributed by atoms with E-state index in [4.69, 9.17) is 10.00 Å². The lowest BCUT2D eigenvalue weighted by Gasteiger charge is -2.06. The van der Waals surface area contributed by atoms with Crippen molar-refractivity contribution >= 4 is 22.4 Å². The van der Waals surface area contributed by atoms with Crippen LogP contribution in [-0.4, -0.2) is 22.7 Å². The number of aromatic nitrogens is 2. The minimum Gasteiger partial charge on any atom is -0.482 e. The molecule has 0 saturated heterocycles. The molecule has 0 spiro atoms. The van der Waals surface area contributed by atoms with Crippen LogP contribution < -0.4 is 10.1 Å².